The molecule has 4 heteroatoms. The summed E-state index contributed by atoms with van der Waals surface area (Å²) in [5.41, 5.74) is 6.90. The average molecular weight is 340 g/mol. The van der Waals surface area contributed by atoms with Gasteiger partial charge >= 0.3 is 0 Å². The van der Waals surface area contributed by atoms with E-state index in [0.29, 0.717) is 0 Å². The Morgan fingerprint density at radius 3 is 2.08 bits per heavy atom. The van der Waals surface area contributed by atoms with Gasteiger partial charge in [-0.3, -0.25) is 9.56 Å². The highest BCUT2D eigenvalue weighted by Gasteiger charge is 2.13. The molecule has 5 aromatic rings. The van der Waals surface area contributed by atoms with Crippen molar-refractivity contribution in [2.75, 3.05) is 7.05 Å². The van der Waals surface area contributed by atoms with Crippen LogP contribution in [0.15, 0.2) is 71.7 Å². The summed E-state index contributed by atoms with van der Waals surface area (Å²) < 4.78 is 6.63. The Morgan fingerprint density at radius 2 is 1.31 bits per heavy atom. The first-order valence-corrected chi connectivity index (χ1v) is 8.77. The van der Waals surface area contributed by atoms with Crippen molar-refractivity contribution in [2.45, 2.75) is 0 Å². The van der Waals surface area contributed by atoms with Crippen LogP contribution >= 0.6 is 0 Å². The number of rotatable bonds is 1. The zero-order valence-electron chi connectivity index (χ0n) is 15.1. The third-order valence-corrected chi connectivity index (χ3v) is 5.34. The number of aryl methyl sites for hydroxylation is 2. The van der Waals surface area contributed by atoms with Crippen LogP contribution in [0.25, 0.3) is 38.5 Å². The van der Waals surface area contributed by atoms with Gasteiger partial charge in [0.05, 0.1) is 11.0 Å². The van der Waals surface area contributed by atoms with Gasteiger partial charge < -0.3 is 9.13 Å². The zero-order chi connectivity index (χ0) is 17.8. The second-order valence-electron chi connectivity index (χ2n) is 6.68. The van der Waals surface area contributed by atoms with Crippen molar-refractivity contribution in [3.63, 3.8) is 0 Å². The Labute approximate surface area is 151 Å². The number of aromatic nitrogens is 3. The predicted octanol–water partition coefficient (Wildman–Crippen LogP) is 4.14. The highest BCUT2D eigenvalue weighted by Crippen LogP contribution is 2.30. The zero-order valence-corrected chi connectivity index (χ0v) is 15.1. The lowest BCUT2D eigenvalue weighted by Gasteiger charge is -2.06. The number of para-hydroxylation sites is 3. The molecule has 0 fully saturated rings. The molecule has 0 bridgehead atoms. The number of fused-ring (bicyclic) bond motifs is 4. The first kappa shape index (κ1) is 15.0. The maximum atomic E-state index is 4.55. The van der Waals surface area contributed by atoms with Crippen molar-refractivity contribution in [2.24, 2.45) is 19.1 Å². The minimum Gasteiger partial charge on any atom is -0.344 e. The third kappa shape index (κ3) is 1.87. The van der Waals surface area contributed by atoms with Gasteiger partial charge in [0.1, 0.15) is 0 Å². The summed E-state index contributed by atoms with van der Waals surface area (Å²) in [4.78, 5) is 4.55. The molecule has 0 saturated heterocycles. The fourth-order valence-corrected chi connectivity index (χ4v) is 4.10. The molecule has 26 heavy (non-hydrogen) atoms. The first-order valence-electron chi connectivity index (χ1n) is 8.77. The molecule has 2 aromatic heterocycles. The minimum atomic E-state index is 0.936. The van der Waals surface area contributed by atoms with Crippen LogP contribution in [0.3, 0.4) is 0 Å². The second kappa shape index (κ2) is 5.36. The number of nitrogens with zero attached hydrogens (tertiary/aromatic N) is 4. The summed E-state index contributed by atoms with van der Waals surface area (Å²) >= 11 is 0. The van der Waals surface area contributed by atoms with Gasteiger partial charge in [0, 0.05) is 48.6 Å². The summed E-state index contributed by atoms with van der Waals surface area (Å²) in [5.74, 6) is 0. The van der Waals surface area contributed by atoms with Crippen molar-refractivity contribution in [1.82, 2.24) is 13.7 Å². The number of imidazole rings is 1. The lowest BCUT2D eigenvalue weighted by atomic mass is 10.1. The van der Waals surface area contributed by atoms with Gasteiger partial charge in [-0.05, 0) is 36.4 Å². The van der Waals surface area contributed by atoms with Crippen LogP contribution in [-0.4, -0.2) is 20.7 Å². The van der Waals surface area contributed by atoms with Crippen LogP contribution in [0.1, 0.15) is 0 Å². The first-order chi connectivity index (χ1) is 12.7. The van der Waals surface area contributed by atoms with Crippen LogP contribution < -0.4 is 5.62 Å². The molecule has 0 atom stereocenters. The van der Waals surface area contributed by atoms with Crippen LogP contribution in [0.4, 0.5) is 0 Å². The van der Waals surface area contributed by atoms with E-state index in [9.17, 15) is 0 Å². The van der Waals surface area contributed by atoms with E-state index in [0.717, 1.165) is 16.8 Å². The molecule has 0 saturated carbocycles. The molecule has 2 heterocycles. The molecule has 128 valence electrons. The maximum Gasteiger partial charge on any atom is 0.210 e. The molecular weight excluding hydrogens is 320 g/mol. The highest BCUT2D eigenvalue weighted by atomic mass is 15.2. The quantitative estimate of drug-likeness (QED) is 0.438. The standard InChI is InChI=1S/C22H20N4/c1-23-22-25(3)20-10-6-7-11-21(20)26(22)15-12-13-19-17(14-15)16-8-4-5-9-18(16)24(19)2/h4-14H,1-3H3. The molecule has 0 N–H and O–H groups in total. The van der Waals surface area contributed by atoms with Gasteiger partial charge in [-0.25, -0.2) is 0 Å². The summed E-state index contributed by atoms with van der Waals surface area (Å²) in [6, 6.07) is 23.7. The SMILES string of the molecule is CN=c1n(C)c2ccccc2n1-c1ccc2c(c1)c1ccccc1n2C. The summed E-state index contributed by atoms with van der Waals surface area (Å²) in [6.07, 6.45) is 0. The lowest BCUT2D eigenvalue weighted by Crippen LogP contribution is -2.22. The van der Waals surface area contributed by atoms with Crippen LogP contribution in [0.5, 0.6) is 0 Å². The fourth-order valence-electron chi connectivity index (χ4n) is 4.10. The summed E-state index contributed by atoms with van der Waals surface area (Å²) in [5, 5.41) is 2.55. The molecule has 0 aliphatic rings. The molecule has 0 radical (unpaired) electrons. The van der Waals surface area contributed by atoms with Gasteiger partial charge in [-0.2, -0.15) is 0 Å². The molecular formula is C22H20N4. The highest BCUT2D eigenvalue weighted by molar-refractivity contribution is 6.08. The second-order valence-corrected chi connectivity index (χ2v) is 6.68. The van der Waals surface area contributed by atoms with Gasteiger partial charge in [0.15, 0.2) is 0 Å². The van der Waals surface area contributed by atoms with Crippen LogP contribution in [0, 0.1) is 0 Å². The van der Waals surface area contributed by atoms with E-state index < -0.39 is 0 Å². The van der Waals surface area contributed by atoms with E-state index in [-0.39, 0.29) is 0 Å². The van der Waals surface area contributed by atoms with Gasteiger partial charge in [0.25, 0.3) is 0 Å². The van der Waals surface area contributed by atoms with Crippen molar-refractivity contribution in [3.05, 3.63) is 72.3 Å². The minimum absolute atomic E-state index is 0.936. The summed E-state index contributed by atoms with van der Waals surface area (Å²) in [6.45, 7) is 0. The normalized spacial score (nSPS) is 12.7. The predicted molar refractivity (Wildman–Crippen MR) is 108 cm³/mol. The van der Waals surface area contributed by atoms with Gasteiger partial charge in [-0.1, -0.05) is 30.3 Å². The van der Waals surface area contributed by atoms with E-state index in [1.165, 1.54) is 27.3 Å². The Morgan fingerprint density at radius 1 is 0.654 bits per heavy atom. The fraction of sp³-hybridized carbons (Fsp3) is 0.136. The molecule has 0 unspecified atom stereocenters. The average Bonchev–Trinajstić information content (AvgIpc) is 3.14. The van der Waals surface area contributed by atoms with E-state index in [1.54, 1.807) is 0 Å². The van der Waals surface area contributed by atoms with E-state index in [4.69, 9.17) is 0 Å². The molecule has 0 aliphatic carbocycles. The molecule has 0 spiro atoms. The van der Waals surface area contributed by atoms with Gasteiger partial charge in [-0.15, -0.1) is 0 Å². The van der Waals surface area contributed by atoms with Crippen molar-refractivity contribution in [3.8, 4) is 5.69 Å². The maximum absolute atomic E-state index is 4.55. The number of benzene rings is 3. The van der Waals surface area contributed by atoms with E-state index in [2.05, 4.69) is 99.5 Å². The Bertz CT molecular complexity index is 1360. The monoisotopic (exact) mass is 340 g/mol. The van der Waals surface area contributed by atoms with Crippen LogP contribution in [-0.2, 0) is 14.1 Å². The Balaban J connectivity index is 1.92. The molecule has 0 aliphatic heterocycles. The third-order valence-electron chi connectivity index (χ3n) is 5.34. The van der Waals surface area contributed by atoms with E-state index >= 15 is 0 Å². The molecule has 3 aromatic carbocycles. The topological polar surface area (TPSA) is 27.1 Å². The van der Waals surface area contributed by atoms with Gasteiger partial charge in [0.2, 0.25) is 5.62 Å². The lowest BCUT2D eigenvalue weighted by molar-refractivity contribution is 0.803. The number of hydrogen-bond donors (Lipinski definition) is 0. The Hall–Kier alpha value is -3.27. The van der Waals surface area contributed by atoms with Crippen LogP contribution in [0.2, 0.25) is 0 Å². The molecule has 0 amide bonds. The van der Waals surface area contributed by atoms with Crippen molar-refractivity contribution >= 4 is 32.8 Å². The van der Waals surface area contributed by atoms with Crippen molar-refractivity contribution < 1.29 is 0 Å². The number of hydrogen-bond acceptors (Lipinski definition) is 1. The van der Waals surface area contributed by atoms with E-state index in [1.807, 2.05) is 7.05 Å². The smallest absolute Gasteiger partial charge is 0.210 e. The Kier molecular flexibility index (Phi) is 3.10. The molecule has 5 rings (SSSR count). The molecule has 4 nitrogen and oxygen atoms in total. The summed E-state index contributed by atoms with van der Waals surface area (Å²) in [7, 11) is 6.04. The van der Waals surface area contributed by atoms with Crippen molar-refractivity contribution in [1.29, 1.82) is 0 Å². The largest absolute Gasteiger partial charge is 0.344 e.